The molecule has 5 nitrogen and oxygen atoms in total. The number of benzene rings is 2. The molecule has 2 aromatic rings. The molecule has 1 fully saturated rings. The number of hydrogen-bond donors (Lipinski definition) is 2. The van der Waals surface area contributed by atoms with E-state index in [9.17, 15) is 22.8 Å². The van der Waals surface area contributed by atoms with Gasteiger partial charge in [0.1, 0.15) is 0 Å². The van der Waals surface area contributed by atoms with Gasteiger partial charge in [-0.25, -0.2) is 0 Å². The minimum Gasteiger partial charge on any atom is -0.381 e. The van der Waals surface area contributed by atoms with Crippen LogP contribution in [0.2, 0.25) is 0 Å². The van der Waals surface area contributed by atoms with E-state index in [1.165, 1.54) is 12.1 Å². The van der Waals surface area contributed by atoms with E-state index < -0.39 is 29.0 Å². The number of aryl methyl sites for hydroxylation is 1. The lowest BCUT2D eigenvalue weighted by molar-refractivity contribution is -0.138. The Morgan fingerprint density at radius 2 is 1.70 bits per heavy atom. The van der Waals surface area contributed by atoms with Crippen LogP contribution in [0.3, 0.4) is 0 Å². The lowest BCUT2D eigenvalue weighted by Crippen LogP contribution is -2.53. The Kier molecular flexibility index (Phi) is 6.45. The molecule has 0 spiro atoms. The van der Waals surface area contributed by atoms with Crippen molar-refractivity contribution < 1.29 is 27.5 Å². The Bertz CT molecular complexity index is 905. The molecular formula is C22H23F3N2O3. The van der Waals surface area contributed by atoms with E-state index in [0.717, 1.165) is 24.1 Å². The summed E-state index contributed by atoms with van der Waals surface area (Å²) in [6.07, 6.45) is -3.26. The first-order valence-corrected chi connectivity index (χ1v) is 9.71. The van der Waals surface area contributed by atoms with Gasteiger partial charge in [-0.05, 0) is 48.6 Å². The fraction of sp³-hybridized carbons (Fsp3) is 0.364. The molecule has 1 heterocycles. The third kappa shape index (κ3) is 4.64. The number of nitrogens with one attached hydrogen (secondary N) is 2. The van der Waals surface area contributed by atoms with Gasteiger partial charge in [0.15, 0.2) is 0 Å². The third-order valence-corrected chi connectivity index (χ3v) is 5.44. The molecule has 2 aromatic carbocycles. The van der Waals surface area contributed by atoms with E-state index in [1.807, 2.05) is 19.1 Å². The van der Waals surface area contributed by atoms with Crippen molar-refractivity contribution in [3.8, 4) is 0 Å². The lowest BCUT2D eigenvalue weighted by atomic mass is 9.73. The summed E-state index contributed by atoms with van der Waals surface area (Å²) >= 11 is 0. The van der Waals surface area contributed by atoms with E-state index in [2.05, 4.69) is 10.9 Å². The summed E-state index contributed by atoms with van der Waals surface area (Å²) in [5.74, 6) is -1.07. The molecule has 0 saturated carbocycles. The molecule has 0 atom stereocenters. The van der Waals surface area contributed by atoms with Crippen molar-refractivity contribution in [2.24, 2.45) is 0 Å². The molecule has 8 heteroatoms. The van der Waals surface area contributed by atoms with Gasteiger partial charge < -0.3 is 4.74 Å². The molecule has 30 heavy (non-hydrogen) atoms. The van der Waals surface area contributed by atoms with Crippen LogP contribution >= 0.6 is 0 Å². The zero-order chi connectivity index (χ0) is 21.8. The van der Waals surface area contributed by atoms with Crippen LogP contribution in [0, 0.1) is 0 Å². The number of carbonyl (C=O) groups is 2. The van der Waals surface area contributed by atoms with Crippen LogP contribution in [0.4, 0.5) is 13.2 Å². The van der Waals surface area contributed by atoms with Gasteiger partial charge in [-0.1, -0.05) is 37.3 Å². The number of carbonyl (C=O) groups excluding carboxylic acids is 2. The fourth-order valence-corrected chi connectivity index (χ4v) is 3.56. The smallest absolute Gasteiger partial charge is 0.381 e. The van der Waals surface area contributed by atoms with Crippen LogP contribution < -0.4 is 10.9 Å². The molecule has 0 radical (unpaired) electrons. The Labute approximate surface area is 172 Å². The predicted molar refractivity (Wildman–Crippen MR) is 105 cm³/mol. The topological polar surface area (TPSA) is 67.4 Å². The number of amides is 2. The molecule has 2 amide bonds. The average Bonchev–Trinajstić information content (AvgIpc) is 2.77. The maximum atomic E-state index is 13.2. The number of hydrogen-bond acceptors (Lipinski definition) is 3. The van der Waals surface area contributed by atoms with Gasteiger partial charge in [0.05, 0.1) is 11.0 Å². The van der Waals surface area contributed by atoms with Gasteiger partial charge in [0.2, 0.25) is 5.91 Å². The van der Waals surface area contributed by atoms with E-state index in [0.29, 0.717) is 5.56 Å². The van der Waals surface area contributed by atoms with E-state index in [1.54, 1.807) is 12.1 Å². The SMILES string of the molecule is CCc1ccc(C(=O)NNC(=O)C2(c3cccc(C(F)(F)F)c3)CCOCC2)cc1. The highest BCUT2D eigenvalue weighted by Crippen LogP contribution is 2.38. The summed E-state index contributed by atoms with van der Waals surface area (Å²) in [6, 6.07) is 11.7. The quantitative estimate of drug-likeness (QED) is 0.740. The molecule has 0 aromatic heterocycles. The largest absolute Gasteiger partial charge is 0.416 e. The molecule has 160 valence electrons. The number of ether oxygens (including phenoxy) is 1. The molecule has 1 aliphatic rings. The maximum Gasteiger partial charge on any atom is 0.416 e. The minimum atomic E-state index is -4.52. The second-order valence-corrected chi connectivity index (χ2v) is 7.23. The van der Waals surface area contributed by atoms with E-state index in [-0.39, 0.29) is 31.6 Å². The molecule has 2 N–H and O–H groups in total. The summed E-state index contributed by atoms with van der Waals surface area (Å²) in [7, 11) is 0. The maximum absolute atomic E-state index is 13.2. The monoisotopic (exact) mass is 420 g/mol. The second kappa shape index (κ2) is 8.87. The second-order valence-electron chi connectivity index (χ2n) is 7.23. The van der Waals surface area contributed by atoms with Crippen LogP contribution in [0.1, 0.15) is 46.8 Å². The molecular weight excluding hydrogens is 397 g/mol. The van der Waals surface area contributed by atoms with Crippen LogP contribution in [-0.2, 0) is 27.5 Å². The zero-order valence-corrected chi connectivity index (χ0v) is 16.5. The number of rotatable bonds is 4. The first-order chi connectivity index (χ1) is 14.3. The number of hydrazine groups is 1. The standard InChI is InChI=1S/C22H23F3N2O3/c1-2-15-6-8-16(9-7-15)19(28)26-27-20(29)21(10-12-30-13-11-21)17-4-3-5-18(14-17)22(23,24)25/h3-9,14H,2,10-13H2,1H3,(H,26,28)(H,27,29). The first kappa shape index (κ1) is 21.8. The van der Waals surface area contributed by atoms with Gasteiger partial charge in [0, 0.05) is 18.8 Å². The number of alkyl halides is 3. The molecule has 0 aliphatic carbocycles. The van der Waals surface area contributed by atoms with Gasteiger partial charge in [0.25, 0.3) is 5.91 Å². The van der Waals surface area contributed by atoms with Crippen LogP contribution in [0.5, 0.6) is 0 Å². The normalized spacial score (nSPS) is 16.0. The van der Waals surface area contributed by atoms with Crippen molar-refractivity contribution in [2.75, 3.05) is 13.2 Å². The average molecular weight is 420 g/mol. The summed E-state index contributed by atoms with van der Waals surface area (Å²) in [4.78, 5) is 25.4. The van der Waals surface area contributed by atoms with Gasteiger partial charge >= 0.3 is 6.18 Å². The van der Waals surface area contributed by atoms with Crippen molar-refractivity contribution in [2.45, 2.75) is 37.8 Å². The zero-order valence-electron chi connectivity index (χ0n) is 16.5. The first-order valence-electron chi connectivity index (χ1n) is 9.71. The van der Waals surface area contributed by atoms with Crippen LogP contribution in [0.15, 0.2) is 48.5 Å². The van der Waals surface area contributed by atoms with Gasteiger partial charge in [-0.15, -0.1) is 0 Å². The van der Waals surface area contributed by atoms with E-state index >= 15 is 0 Å². The summed E-state index contributed by atoms with van der Waals surface area (Å²) in [6.45, 7) is 2.46. The van der Waals surface area contributed by atoms with Crippen LogP contribution in [0.25, 0.3) is 0 Å². The predicted octanol–water partition coefficient (Wildman–Crippen LogP) is 3.78. The highest BCUT2D eigenvalue weighted by molar-refractivity contribution is 5.97. The minimum absolute atomic E-state index is 0.210. The fourth-order valence-electron chi connectivity index (χ4n) is 3.56. The highest BCUT2D eigenvalue weighted by atomic mass is 19.4. The van der Waals surface area contributed by atoms with Crippen molar-refractivity contribution in [3.63, 3.8) is 0 Å². The Hall–Kier alpha value is -2.87. The molecule has 0 bridgehead atoms. The Balaban J connectivity index is 1.79. The Morgan fingerprint density at radius 1 is 1.03 bits per heavy atom. The van der Waals surface area contributed by atoms with Crippen molar-refractivity contribution in [3.05, 3.63) is 70.8 Å². The molecule has 1 saturated heterocycles. The highest BCUT2D eigenvalue weighted by Gasteiger charge is 2.43. The molecule has 1 aliphatic heterocycles. The third-order valence-electron chi connectivity index (χ3n) is 5.44. The molecule has 3 rings (SSSR count). The van der Waals surface area contributed by atoms with E-state index in [4.69, 9.17) is 4.74 Å². The Morgan fingerprint density at radius 3 is 2.30 bits per heavy atom. The van der Waals surface area contributed by atoms with Crippen LogP contribution in [-0.4, -0.2) is 25.0 Å². The van der Waals surface area contributed by atoms with Gasteiger partial charge in [-0.2, -0.15) is 13.2 Å². The summed E-state index contributed by atoms with van der Waals surface area (Å²) in [5, 5.41) is 0. The van der Waals surface area contributed by atoms with Crippen molar-refractivity contribution in [1.82, 2.24) is 10.9 Å². The lowest BCUT2D eigenvalue weighted by Gasteiger charge is -2.36. The van der Waals surface area contributed by atoms with Crippen molar-refractivity contribution in [1.29, 1.82) is 0 Å². The van der Waals surface area contributed by atoms with Crippen molar-refractivity contribution >= 4 is 11.8 Å². The summed E-state index contributed by atoms with van der Waals surface area (Å²) < 4.78 is 44.8. The molecule has 0 unspecified atom stereocenters. The number of halogens is 3. The summed E-state index contributed by atoms with van der Waals surface area (Å²) in [5.41, 5.74) is 4.42. The van der Waals surface area contributed by atoms with Gasteiger partial charge in [-0.3, -0.25) is 20.4 Å².